The maximum absolute atomic E-state index is 13.9. The third-order valence-electron chi connectivity index (χ3n) is 3.46. The van der Waals surface area contributed by atoms with Gasteiger partial charge in [0.15, 0.2) is 0 Å². The van der Waals surface area contributed by atoms with Crippen LogP contribution in [0.5, 0.6) is 0 Å². The van der Waals surface area contributed by atoms with Crippen molar-refractivity contribution in [1.82, 2.24) is 0 Å². The summed E-state index contributed by atoms with van der Waals surface area (Å²) in [6.45, 7) is 3.72. The molecule has 24 heavy (non-hydrogen) atoms. The molecule has 0 aliphatic rings. The Morgan fingerprint density at radius 3 is 1.79 bits per heavy atom. The SMILES string of the molecule is CO[Si](OC)(OC(C)C)c1ccc(-c2c(F)cc(F)cc2F)cc1. The molecule has 0 saturated heterocycles. The standard InChI is InChI=1S/C17H19F3O3Si/c1-11(2)23-24(21-3,22-4)14-7-5-12(6-8-14)17-15(19)9-13(18)10-16(17)20/h5-11H,1-4H3. The smallest absolute Gasteiger partial charge is 0.373 e. The van der Waals surface area contributed by atoms with Gasteiger partial charge in [-0.05, 0) is 19.4 Å². The second-order valence-electron chi connectivity index (χ2n) is 5.45. The topological polar surface area (TPSA) is 27.7 Å². The van der Waals surface area contributed by atoms with Crippen LogP contribution in [0.3, 0.4) is 0 Å². The minimum Gasteiger partial charge on any atom is -0.373 e. The first kappa shape index (κ1) is 18.7. The fourth-order valence-electron chi connectivity index (χ4n) is 2.45. The average molecular weight is 356 g/mol. The summed E-state index contributed by atoms with van der Waals surface area (Å²) in [4.78, 5) is 0. The molecule has 0 aliphatic heterocycles. The van der Waals surface area contributed by atoms with E-state index in [2.05, 4.69) is 0 Å². The summed E-state index contributed by atoms with van der Waals surface area (Å²) in [7, 11) is -0.107. The Balaban J connectivity index is 2.44. The molecular formula is C17H19F3O3Si. The lowest BCUT2D eigenvalue weighted by atomic mass is 10.0. The van der Waals surface area contributed by atoms with Crippen LogP contribution in [0.15, 0.2) is 36.4 Å². The molecule has 0 bridgehead atoms. The van der Waals surface area contributed by atoms with Gasteiger partial charge in [-0.15, -0.1) is 0 Å². The lowest BCUT2D eigenvalue weighted by molar-refractivity contribution is 0.0838. The van der Waals surface area contributed by atoms with Gasteiger partial charge in [0, 0.05) is 37.6 Å². The Morgan fingerprint density at radius 2 is 1.38 bits per heavy atom. The van der Waals surface area contributed by atoms with Gasteiger partial charge >= 0.3 is 8.80 Å². The van der Waals surface area contributed by atoms with Gasteiger partial charge in [-0.2, -0.15) is 0 Å². The number of halogens is 3. The summed E-state index contributed by atoms with van der Waals surface area (Å²) in [5.41, 5.74) is 0.00299. The van der Waals surface area contributed by atoms with Crippen molar-refractivity contribution in [3.8, 4) is 11.1 Å². The van der Waals surface area contributed by atoms with Gasteiger partial charge in [0.1, 0.15) is 17.5 Å². The largest absolute Gasteiger partial charge is 0.536 e. The number of hydrogen-bond acceptors (Lipinski definition) is 3. The fourth-order valence-corrected chi connectivity index (χ4v) is 4.61. The highest BCUT2D eigenvalue weighted by molar-refractivity contribution is 6.75. The molecule has 7 heteroatoms. The lowest BCUT2D eigenvalue weighted by Crippen LogP contribution is -2.56. The summed E-state index contributed by atoms with van der Waals surface area (Å²) in [6, 6.07) is 7.63. The van der Waals surface area contributed by atoms with Crippen LogP contribution < -0.4 is 5.19 Å². The van der Waals surface area contributed by atoms with Crippen LogP contribution in [-0.2, 0) is 13.3 Å². The Hall–Kier alpha value is -1.67. The van der Waals surface area contributed by atoms with E-state index in [4.69, 9.17) is 13.3 Å². The molecule has 2 aromatic carbocycles. The van der Waals surface area contributed by atoms with Crippen molar-refractivity contribution in [2.45, 2.75) is 20.0 Å². The molecule has 0 atom stereocenters. The average Bonchev–Trinajstić information content (AvgIpc) is 2.52. The molecular weight excluding hydrogens is 337 g/mol. The molecule has 0 radical (unpaired) electrons. The highest BCUT2D eigenvalue weighted by atomic mass is 28.4. The maximum Gasteiger partial charge on any atom is 0.536 e. The zero-order valence-corrected chi connectivity index (χ0v) is 14.9. The van der Waals surface area contributed by atoms with E-state index >= 15 is 0 Å². The Labute approximate surface area is 140 Å². The van der Waals surface area contributed by atoms with Crippen molar-refractivity contribution in [2.75, 3.05) is 14.2 Å². The maximum atomic E-state index is 13.9. The molecule has 0 amide bonds. The van der Waals surface area contributed by atoms with Gasteiger partial charge in [0.25, 0.3) is 0 Å². The highest BCUT2D eigenvalue weighted by Crippen LogP contribution is 2.27. The molecule has 130 valence electrons. The monoisotopic (exact) mass is 356 g/mol. The first-order valence-corrected chi connectivity index (χ1v) is 9.09. The van der Waals surface area contributed by atoms with E-state index < -0.39 is 26.3 Å². The van der Waals surface area contributed by atoms with Gasteiger partial charge < -0.3 is 13.3 Å². The van der Waals surface area contributed by atoms with Crippen LogP contribution >= 0.6 is 0 Å². The van der Waals surface area contributed by atoms with E-state index in [0.29, 0.717) is 17.3 Å². The molecule has 2 aromatic rings. The molecule has 0 heterocycles. The van der Waals surface area contributed by atoms with Gasteiger partial charge in [-0.1, -0.05) is 24.3 Å². The predicted molar refractivity (Wildman–Crippen MR) is 87.4 cm³/mol. The lowest BCUT2D eigenvalue weighted by Gasteiger charge is -2.28. The summed E-state index contributed by atoms with van der Waals surface area (Å²) in [5.74, 6) is -2.87. The Bertz CT molecular complexity index is 678. The van der Waals surface area contributed by atoms with Gasteiger partial charge in [0.05, 0.1) is 5.56 Å². The van der Waals surface area contributed by atoms with E-state index in [1.54, 1.807) is 12.1 Å². The molecule has 0 aromatic heterocycles. The zero-order valence-electron chi connectivity index (χ0n) is 13.9. The third kappa shape index (κ3) is 3.70. The minimum absolute atomic E-state index is 0.122. The molecule has 0 spiro atoms. The van der Waals surface area contributed by atoms with Crippen LogP contribution in [-0.4, -0.2) is 29.1 Å². The molecule has 2 rings (SSSR count). The van der Waals surface area contributed by atoms with E-state index in [1.807, 2.05) is 13.8 Å². The number of benzene rings is 2. The first-order chi connectivity index (χ1) is 11.3. The number of hydrogen-bond donors (Lipinski definition) is 0. The van der Waals surface area contributed by atoms with E-state index in [1.165, 1.54) is 26.4 Å². The van der Waals surface area contributed by atoms with E-state index in [-0.39, 0.29) is 17.2 Å². The summed E-state index contributed by atoms with van der Waals surface area (Å²) in [6.07, 6.45) is -0.122. The Morgan fingerprint density at radius 1 is 0.875 bits per heavy atom. The third-order valence-corrected chi connectivity index (χ3v) is 6.36. The van der Waals surface area contributed by atoms with Crippen LogP contribution in [0, 0.1) is 17.5 Å². The molecule has 0 aliphatic carbocycles. The summed E-state index contributed by atoms with van der Waals surface area (Å²) >= 11 is 0. The van der Waals surface area contributed by atoms with E-state index in [9.17, 15) is 13.2 Å². The van der Waals surface area contributed by atoms with Crippen molar-refractivity contribution >= 4 is 14.0 Å². The quantitative estimate of drug-likeness (QED) is 0.740. The van der Waals surface area contributed by atoms with Crippen LogP contribution in [0.25, 0.3) is 11.1 Å². The van der Waals surface area contributed by atoms with Crippen LogP contribution in [0.4, 0.5) is 13.2 Å². The summed E-state index contributed by atoms with van der Waals surface area (Å²) < 4.78 is 57.6. The zero-order chi connectivity index (χ0) is 17.9. The highest BCUT2D eigenvalue weighted by Gasteiger charge is 2.42. The number of rotatable bonds is 6. The van der Waals surface area contributed by atoms with Crippen molar-refractivity contribution in [3.63, 3.8) is 0 Å². The normalized spacial score (nSPS) is 12.0. The van der Waals surface area contributed by atoms with Crippen LogP contribution in [0.1, 0.15) is 13.8 Å². The van der Waals surface area contributed by atoms with Crippen molar-refractivity contribution in [3.05, 3.63) is 53.8 Å². The molecule has 0 fully saturated rings. The second-order valence-corrected chi connectivity index (χ2v) is 8.19. The van der Waals surface area contributed by atoms with Crippen molar-refractivity contribution in [1.29, 1.82) is 0 Å². The first-order valence-electron chi connectivity index (χ1n) is 7.36. The predicted octanol–water partition coefficient (Wildman–Crippen LogP) is 3.63. The summed E-state index contributed by atoms with van der Waals surface area (Å²) in [5, 5.41) is 0.660. The molecule has 3 nitrogen and oxygen atoms in total. The molecule has 0 unspecified atom stereocenters. The minimum atomic E-state index is -3.09. The Kier molecular flexibility index (Phi) is 5.82. The van der Waals surface area contributed by atoms with Crippen molar-refractivity contribution < 1.29 is 26.4 Å². The van der Waals surface area contributed by atoms with Crippen LogP contribution in [0.2, 0.25) is 0 Å². The second kappa shape index (κ2) is 7.48. The fraction of sp³-hybridized carbons (Fsp3) is 0.294. The van der Waals surface area contributed by atoms with E-state index in [0.717, 1.165) is 0 Å². The van der Waals surface area contributed by atoms with Gasteiger partial charge in [0.2, 0.25) is 0 Å². The molecule has 0 saturated carbocycles. The molecule has 0 N–H and O–H groups in total. The van der Waals surface area contributed by atoms with Gasteiger partial charge in [-0.3, -0.25) is 0 Å². The van der Waals surface area contributed by atoms with Gasteiger partial charge in [-0.25, -0.2) is 13.2 Å². The van der Waals surface area contributed by atoms with Crippen molar-refractivity contribution in [2.24, 2.45) is 0 Å².